The minimum atomic E-state index is 0.0188. The van der Waals surface area contributed by atoms with Gasteiger partial charge in [0.05, 0.1) is 6.61 Å². The molecular formula is C14H28N2O2. The van der Waals surface area contributed by atoms with E-state index < -0.39 is 0 Å². The Morgan fingerprint density at radius 2 is 2.06 bits per heavy atom. The molecule has 0 aliphatic heterocycles. The van der Waals surface area contributed by atoms with Crippen molar-refractivity contribution in [2.75, 3.05) is 13.2 Å². The van der Waals surface area contributed by atoms with Crippen LogP contribution >= 0.6 is 0 Å². The first-order valence-electron chi connectivity index (χ1n) is 7.14. The fraction of sp³-hybridized carbons (Fsp3) is 0.929. The number of hydrogen-bond acceptors (Lipinski definition) is 3. The van der Waals surface area contributed by atoms with Crippen LogP contribution in [-0.4, -0.2) is 41.1 Å². The molecule has 0 heterocycles. The molecule has 18 heavy (non-hydrogen) atoms. The molecule has 1 rings (SSSR count). The Morgan fingerprint density at radius 1 is 1.39 bits per heavy atom. The lowest BCUT2D eigenvalue weighted by atomic mass is 9.78. The average Bonchev–Trinajstić information content (AvgIpc) is 2.33. The molecule has 0 aromatic heterocycles. The van der Waals surface area contributed by atoms with Crippen molar-refractivity contribution in [3.63, 3.8) is 0 Å². The van der Waals surface area contributed by atoms with Crippen molar-refractivity contribution >= 4 is 5.91 Å². The third-order valence-electron chi connectivity index (χ3n) is 4.10. The first-order chi connectivity index (χ1) is 8.47. The van der Waals surface area contributed by atoms with Crippen molar-refractivity contribution in [3.05, 3.63) is 0 Å². The van der Waals surface area contributed by atoms with E-state index in [1.54, 1.807) is 4.90 Å². The van der Waals surface area contributed by atoms with Gasteiger partial charge in [-0.3, -0.25) is 4.79 Å². The summed E-state index contributed by atoms with van der Waals surface area (Å²) in [6, 6.07) is 0.397. The van der Waals surface area contributed by atoms with Crippen molar-refractivity contribution < 1.29 is 9.90 Å². The molecule has 1 saturated carbocycles. The van der Waals surface area contributed by atoms with Gasteiger partial charge in [0.2, 0.25) is 5.91 Å². The van der Waals surface area contributed by atoms with Crippen molar-refractivity contribution in [3.8, 4) is 0 Å². The average molecular weight is 256 g/mol. The minimum absolute atomic E-state index is 0.0188. The lowest BCUT2D eigenvalue weighted by Gasteiger charge is -2.35. The summed E-state index contributed by atoms with van der Waals surface area (Å²) in [6.45, 7) is 6.46. The van der Waals surface area contributed by atoms with Crippen LogP contribution in [0, 0.1) is 11.8 Å². The summed E-state index contributed by atoms with van der Waals surface area (Å²) >= 11 is 0. The smallest absolute Gasteiger partial charge is 0.225 e. The van der Waals surface area contributed by atoms with E-state index in [0.29, 0.717) is 12.5 Å². The predicted molar refractivity (Wildman–Crippen MR) is 73.0 cm³/mol. The van der Waals surface area contributed by atoms with Crippen LogP contribution in [0.1, 0.15) is 46.5 Å². The molecule has 0 spiro atoms. The molecule has 1 aliphatic rings. The van der Waals surface area contributed by atoms with Crippen LogP contribution in [0.15, 0.2) is 0 Å². The summed E-state index contributed by atoms with van der Waals surface area (Å²) in [5, 5.41) is 9.05. The third kappa shape index (κ3) is 3.95. The van der Waals surface area contributed by atoms with Crippen molar-refractivity contribution in [2.24, 2.45) is 17.6 Å². The second-order valence-corrected chi connectivity index (χ2v) is 5.82. The molecule has 4 heteroatoms. The molecule has 4 nitrogen and oxygen atoms in total. The van der Waals surface area contributed by atoms with E-state index >= 15 is 0 Å². The van der Waals surface area contributed by atoms with Gasteiger partial charge in [0.25, 0.3) is 0 Å². The maximum absolute atomic E-state index is 12.5. The highest BCUT2D eigenvalue weighted by molar-refractivity contribution is 5.79. The molecule has 106 valence electrons. The second kappa shape index (κ2) is 7.10. The Balaban J connectivity index is 2.62. The van der Waals surface area contributed by atoms with Gasteiger partial charge in [-0.05, 0) is 39.0 Å². The zero-order valence-corrected chi connectivity index (χ0v) is 11.9. The highest BCUT2D eigenvalue weighted by Crippen LogP contribution is 2.30. The monoisotopic (exact) mass is 256 g/mol. The summed E-state index contributed by atoms with van der Waals surface area (Å²) < 4.78 is 0. The van der Waals surface area contributed by atoms with Crippen molar-refractivity contribution in [1.82, 2.24) is 4.90 Å². The molecule has 0 saturated heterocycles. The Kier molecular flexibility index (Phi) is 6.09. The van der Waals surface area contributed by atoms with Gasteiger partial charge < -0.3 is 15.7 Å². The van der Waals surface area contributed by atoms with E-state index in [4.69, 9.17) is 10.8 Å². The highest BCUT2D eigenvalue weighted by atomic mass is 16.3. The molecule has 0 bridgehead atoms. The number of aliphatic hydroxyl groups is 1. The SMILES string of the molecule is CC(C(=O)N(CCO)C(C)C)C1CCCC(N)C1. The standard InChI is InChI=1S/C14H28N2O2/c1-10(2)16(7-8-17)14(18)11(3)12-5-4-6-13(15)9-12/h10-13,17H,4-9,15H2,1-3H3. The highest BCUT2D eigenvalue weighted by Gasteiger charge is 2.31. The van der Waals surface area contributed by atoms with Crippen LogP contribution in [0.2, 0.25) is 0 Å². The van der Waals surface area contributed by atoms with Gasteiger partial charge in [0, 0.05) is 24.5 Å². The van der Waals surface area contributed by atoms with E-state index in [2.05, 4.69) is 0 Å². The number of carbonyl (C=O) groups is 1. The first kappa shape index (κ1) is 15.4. The minimum Gasteiger partial charge on any atom is -0.395 e. The number of carbonyl (C=O) groups excluding carboxylic acids is 1. The summed E-state index contributed by atoms with van der Waals surface area (Å²) in [4.78, 5) is 14.2. The largest absolute Gasteiger partial charge is 0.395 e. The molecule has 0 aromatic rings. The van der Waals surface area contributed by atoms with Gasteiger partial charge in [-0.2, -0.15) is 0 Å². The zero-order chi connectivity index (χ0) is 13.7. The van der Waals surface area contributed by atoms with Gasteiger partial charge in [-0.15, -0.1) is 0 Å². The molecule has 1 fully saturated rings. The number of amides is 1. The van der Waals surface area contributed by atoms with Crippen LogP contribution in [0.5, 0.6) is 0 Å². The van der Waals surface area contributed by atoms with E-state index in [0.717, 1.165) is 25.7 Å². The second-order valence-electron chi connectivity index (χ2n) is 5.82. The number of hydrogen-bond donors (Lipinski definition) is 2. The quantitative estimate of drug-likeness (QED) is 0.780. The molecule has 0 radical (unpaired) electrons. The van der Waals surface area contributed by atoms with Crippen LogP contribution < -0.4 is 5.73 Å². The van der Waals surface area contributed by atoms with E-state index in [1.807, 2.05) is 20.8 Å². The lowest BCUT2D eigenvalue weighted by molar-refractivity contribution is -0.139. The van der Waals surface area contributed by atoms with Crippen LogP contribution in [0.25, 0.3) is 0 Å². The fourth-order valence-corrected chi connectivity index (χ4v) is 2.91. The third-order valence-corrected chi connectivity index (χ3v) is 4.10. The van der Waals surface area contributed by atoms with E-state index in [9.17, 15) is 4.79 Å². The van der Waals surface area contributed by atoms with Crippen LogP contribution in [0.3, 0.4) is 0 Å². The summed E-state index contributed by atoms with van der Waals surface area (Å²) in [5.41, 5.74) is 5.99. The zero-order valence-electron chi connectivity index (χ0n) is 11.9. The normalized spacial score (nSPS) is 26.1. The van der Waals surface area contributed by atoms with Crippen molar-refractivity contribution in [1.29, 1.82) is 0 Å². The summed E-state index contributed by atoms with van der Waals surface area (Å²) in [5.74, 6) is 0.588. The maximum Gasteiger partial charge on any atom is 0.225 e. The fourth-order valence-electron chi connectivity index (χ4n) is 2.91. The Morgan fingerprint density at radius 3 is 2.56 bits per heavy atom. The number of nitrogens with zero attached hydrogens (tertiary/aromatic N) is 1. The number of nitrogens with two attached hydrogens (primary N) is 1. The molecule has 1 aliphatic carbocycles. The summed E-state index contributed by atoms with van der Waals surface area (Å²) in [6.07, 6.45) is 4.27. The van der Waals surface area contributed by atoms with Gasteiger partial charge >= 0.3 is 0 Å². The molecule has 3 unspecified atom stereocenters. The van der Waals surface area contributed by atoms with Gasteiger partial charge in [0.15, 0.2) is 0 Å². The van der Waals surface area contributed by atoms with E-state index in [-0.39, 0.29) is 30.5 Å². The Bertz CT molecular complexity index is 269. The Labute approximate surface area is 111 Å². The number of rotatable bonds is 5. The lowest BCUT2D eigenvalue weighted by Crippen LogP contribution is -2.45. The molecular weight excluding hydrogens is 228 g/mol. The van der Waals surface area contributed by atoms with Crippen LogP contribution in [-0.2, 0) is 4.79 Å². The molecule has 3 atom stereocenters. The maximum atomic E-state index is 12.5. The van der Waals surface area contributed by atoms with Crippen LogP contribution in [0.4, 0.5) is 0 Å². The first-order valence-corrected chi connectivity index (χ1v) is 7.14. The van der Waals surface area contributed by atoms with Crippen molar-refractivity contribution in [2.45, 2.75) is 58.5 Å². The van der Waals surface area contributed by atoms with Gasteiger partial charge in [-0.25, -0.2) is 0 Å². The predicted octanol–water partition coefficient (Wildman–Crippen LogP) is 1.37. The van der Waals surface area contributed by atoms with E-state index in [1.165, 1.54) is 0 Å². The Hall–Kier alpha value is -0.610. The summed E-state index contributed by atoms with van der Waals surface area (Å²) in [7, 11) is 0. The molecule has 0 aromatic carbocycles. The van der Waals surface area contributed by atoms with Gasteiger partial charge in [0.1, 0.15) is 0 Å². The topological polar surface area (TPSA) is 66.6 Å². The molecule has 1 amide bonds. The number of aliphatic hydroxyl groups excluding tert-OH is 1. The molecule has 3 N–H and O–H groups in total. The van der Waals surface area contributed by atoms with Gasteiger partial charge in [-0.1, -0.05) is 13.3 Å².